The molecule has 0 N–H and O–H groups in total. The fourth-order valence-electron chi connectivity index (χ4n) is 2.71. The maximum atomic E-state index is 5.37. The van der Waals surface area contributed by atoms with Gasteiger partial charge in [0.2, 0.25) is 0 Å². The van der Waals surface area contributed by atoms with Crippen LogP contribution < -0.4 is 0 Å². The summed E-state index contributed by atoms with van der Waals surface area (Å²) in [6, 6.07) is 11.0. The second-order valence-electron chi connectivity index (χ2n) is 4.94. The molecule has 0 unspecified atom stereocenters. The highest BCUT2D eigenvalue weighted by atomic mass is 32.1. The minimum atomic E-state index is 0.733. The van der Waals surface area contributed by atoms with Crippen molar-refractivity contribution in [1.82, 2.24) is 4.90 Å². The number of hydrogen-bond acceptors (Lipinski definition) is 2. The van der Waals surface area contributed by atoms with Crippen LogP contribution in [-0.2, 0) is 0 Å². The molecule has 0 saturated carbocycles. The lowest BCUT2D eigenvalue weighted by Gasteiger charge is -2.29. The number of piperidine rings is 1. The Morgan fingerprint density at radius 1 is 1.28 bits per heavy atom. The molecule has 2 heterocycles. The molecule has 1 aliphatic rings. The van der Waals surface area contributed by atoms with Crippen molar-refractivity contribution < 1.29 is 0 Å². The van der Waals surface area contributed by atoms with E-state index in [2.05, 4.69) is 41.2 Å². The monoisotopic (exact) mass is 255 g/mol. The van der Waals surface area contributed by atoms with Crippen LogP contribution in [-0.4, -0.2) is 24.5 Å². The van der Waals surface area contributed by atoms with Crippen LogP contribution in [0.4, 0.5) is 0 Å². The molecule has 1 fully saturated rings. The largest absolute Gasteiger partial charge is 0.292 e. The van der Waals surface area contributed by atoms with E-state index in [9.17, 15) is 0 Å². The Hall–Kier alpha value is -1.30. The van der Waals surface area contributed by atoms with Crippen molar-refractivity contribution in [2.24, 2.45) is 0 Å². The summed E-state index contributed by atoms with van der Waals surface area (Å²) in [5, 5.41) is 1.39. The highest BCUT2D eigenvalue weighted by Gasteiger charge is 2.21. The van der Waals surface area contributed by atoms with Gasteiger partial charge in [-0.15, -0.1) is 17.8 Å². The number of nitrogens with zero attached hydrogens (tertiary/aromatic N) is 1. The van der Waals surface area contributed by atoms with Crippen molar-refractivity contribution in [2.75, 3.05) is 19.6 Å². The van der Waals surface area contributed by atoms with Crippen molar-refractivity contribution in [3.05, 3.63) is 35.2 Å². The highest BCUT2D eigenvalue weighted by Crippen LogP contribution is 2.36. The molecule has 1 aliphatic heterocycles. The molecule has 1 aromatic carbocycles. The second kappa shape index (κ2) is 5.14. The standard InChI is InChI=1S/C16H17NS/c1-2-9-17-10-7-13(8-11-17)16-12-14-5-3-4-6-15(14)18-16/h1,3-6,12-13H,7-11H2. The minimum absolute atomic E-state index is 0.733. The molecule has 2 aromatic rings. The second-order valence-corrected chi connectivity index (χ2v) is 6.06. The number of likely N-dealkylation sites (tertiary alicyclic amines) is 1. The topological polar surface area (TPSA) is 3.24 Å². The van der Waals surface area contributed by atoms with E-state index in [-0.39, 0.29) is 0 Å². The van der Waals surface area contributed by atoms with Gasteiger partial charge in [-0.2, -0.15) is 0 Å². The third kappa shape index (κ3) is 2.29. The van der Waals surface area contributed by atoms with Crippen molar-refractivity contribution in [2.45, 2.75) is 18.8 Å². The predicted octanol–water partition coefficient (Wildman–Crippen LogP) is 3.71. The summed E-state index contributed by atoms with van der Waals surface area (Å²) in [6.45, 7) is 3.09. The molecule has 0 spiro atoms. The van der Waals surface area contributed by atoms with Crippen LogP contribution in [0.1, 0.15) is 23.6 Å². The van der Waals surface area contributed by atoms with Crippen LogP contribution in [0.15, 0.2) is 30.3 Å². The molecular formula is C16H17NS. The van der Waals surface area contributed by atoms with E-state index in [1.807, 2.05) is 11.3 Å². The van der Waals surface area contributed by atoms with Gasteiger partial charge in [0.1, 0.15) is 0 Å². The fraction of sp³-hybridized carbons (Fsp3) is 0.375. The van der Waals surface area contributed by atoms with Gasteiger partial charge in [-0.25, -0.2) is 0 Å². The zero-order valence-electron chi connectivity index (χ0n) is 10.4. The number of terminal acetylenes is 1. The van der Waals surface area contributed by atoms with E-state index >= 15 is 0 Å². The van der Waals surface area contributed by atoms with Crippen molar-refractivity contribution in [3.8, 4) is 12.3 Å². The Kier molecular flexibility index (Phi) is 3.36. The maximum absolute atomic E-state index is 5.37. The first-order valence-electron chi connectivity index (χ1n) is 6.51. The van der Waals surface area contributed by atoms with Crippen LogP contribution in [0.25, 0.3) is 10.1 Å². The predicted molar refractivity (Wildman–Crippen MR) is 79.1 cm³/mol. The number of rotatable bonds is 2. The van der Waals surface area contributed by atoms with Gasteiger partial charge in [0.15, 0.2) is 0 Å². The van der Waals surface area contributed by atoms with Gasteiger partial charge in [-0.1, -0.05) is 24.1 Å². The SMILES string of the molecule is C#CCN1CCC(c2cc3ccccc3s2)CC1. The first kappa shape index (κ1) is 11.8. The lowest BCUT2D eigenvalue weighted by atomic mass is 9.95. The van der Waals surface area contributed by atoms with Crippen LogP contribution in [0.2, 0.25) is 0 Å². The average Bonchev–Trinajstić information content (AvgIpc) is 2.84. The first-order chi connectivity index (χ1) is 8.86. The van der Waals surface area contributed by atoms with Crippen LogP contribution in [0.3, 0.4) is 0 Å². The van der Waals surface area contributed by atoms with Gasteiger partial charge in [-0.05, 0) is 49.4 Å². The summed E-state index contributed by atoms with van der Waals surface area (Å²) in [5.41, 5.74) is 0. The number of thiophene rings is 1. The molecule has 0 radical (unpaired) electrons. The molecule has 3 rings (SSSR count). The maximum Gasteiger partial charge on any atom is 0.0598 e. The zero-order valence-corrected chi connectivity index (χ0v) is 11.2. The van der Waals surface area contributed by atoms with Crippen molar-refractivity contribution in [3.63, 3.8) is 0 Å². The Bertz CT molecular complexity index is 537. The summed E-state index contributed by atoms with van der Waals surface area (Å²) in [7, 11) is 0. The molecular weight excluding hydrogens is 238 g/mol. The van der Waals surface area contributed by atoms with Crippen LogP contribution in [0.5, 0.6) is 0 Å². The van der Waals surface area contributed by atoms with Gasteiger partial charge in [0, 0.05) is 9.58 Å². The van der Waals surface area contributed by atoms with E-state index in [4.69, 9.17) is 6.42 Å². The first-order valence-corrected chi connectivity index (χ1v) is 7.33. The van der Waals surface area contributed by atoms with Gasteiger partial charge >= 0.3 is 0 Å². The fourth-order valence-corrected chi connectivity index (χ4v) is 3.94. The number of benzene rings is 1. The Balaban J connectivity index is 1.74. The normalized spacial score (nSPS) is 17.9. The molecule has 18 heavy (non-hydrogen) atoms. The average molecular weight is 255 g/mol. The van der Waals surface area contributed by atoms with Gasteiger partial charge in [-0.3, -0.25) is 4.90 Å². The summed E-state index contributed by atoms with van der Waals surface area (Å²) in [4.78, 5) is 3.93. The summed E-state index contributed by atoms with van der Waals surface area (Å²) in [6.07, 6.45) is 7.86. The molecule has 1 saturated heterocycles. The van der Waals surface area contributed by atoms with Crippen molar-refractivity contribution in [1.29, 1.82) is 0 Å². The summed E-state index contributed by atoms with van der Waals surface area (Å²) >= 11 is 1.96. The van der Waals surface area contributed by atoms with E-state index in [0.29, 0.717) is 0 Å². The number of fused-ring (bicyclic) bond motifs is 1. The Morgan fingerprint density at radius 3 is 2.78 bits per heavy atom. The van der Waals surface area contributed by atoms with Crippen LogP contribution >= 0.6 is 11.3 Å². The molecule has 1 aromatic heterocycles. The Morgan fingerprint density at radius 2 is 2.06 bits per heavy atom. The third-order valence-corrected chi connectivity index (χ3v) is 5.03. The molecule has 0 amide bonds. The molecule has 0 aliphatic carbocycles. The number of hydrogen-bond donors (Lipinski definition) is 0. The van der Waals surface area contributed by atoms with Gasteiger partial charge < -0.3 is 0 Å². The van der Waals surface area contributed by atoms with Gasteiger partial charge in [0.05, 0.1) is 6.54 Å². The van der Waals surface area contributed by atoms with E-state index in [1.165, 1.54) is 22.9 Å². The van der Waals surface area contributed by atoms with Crippen molar-refractivity contribution >= 4 is 21.4 Å². The quantitative estimate of drug-likeness (QED) is 0.739. The highest BCUT2D eigenvalue weighted by molar-refractivity contribution is 7.19. The lowest BCUT2D eigenvalue weighted by Crippen LogP contribution is -2.32. The molecule has 92 valence electrons. The molecule has 0 atom stereocenters. The van der Waals surface area contributed by atoms with E-state index < -0.39 is 0 Å². The lowest BCUT2D eigenvalue weighted by molar-refractivity contribution is 0.237. The van der Waals surface area contributed by atoms with Gasteiger partial charge in [0.25, 0.3) is 0 Å². The molecule has 2 heteroatoms. The van der Waals surface area contributed by atoms with E-state index in [0.717, 1.165) is 25.6 Å². The van der Waals surface area contributed by atoms with Crippen LogP contribution in [0, 0.1) is 12.3 Å². The molecule has 0 bridgehead atoms. The zero-order chi connectivity index (χ0) is 12.4. The van der Waals surface area contributed by atoms with E-state index in [1.54, 1.807) is 4.88 Å². The molecule has 1 nitrogen and oxygen atoms in total. The smallest absolute Gasteiger partial charge is 0.0598 e. The minimum Gasteiger partial charge on any atom is -0.292 e. The third-order valence-electron chi connectivity index (χ3n) is 3.75. The summed E-state index contributed by atoms with van der Waals surface area (Å²) < 4.78 is 1.42. The Labute approximate surface area is 112 Å². The summed E-state index contributed by atoms with van der Waals surface area (Å²) in [5.74, 6) is 3.47.